The third-order valence-corrected chi connectivity index (χ3v) is 3.79. The Morgan fingerprint density at radius 3 is 2.78 bits per heavy atom. The van der Waals surface area contributed by atoms with Crippen LogP contribution in [-0.4, -0.2) is 23.0 Å². The monoisotopic (exact) mass is 357 g/mol. The summed E-state index contributed by atoms with van der Waals surface area (Å²) in [6.45, 7) is 1.88. The highest BCUT2D eigenvalue weighted by Crippen LogP contribution is 2.16. The first-order valence-electron chi connectivity index (χ1n) is 5.19. The normalized spacial score (nSPS) is 11.4. The van der Waals surface area contributed by atoms with Gasteiger partial charge in [0.1, 0.15) is 6.04 Å². The van der Waals surface area contributed by atoms with Crippen LogP contribution in [0.2, 0.25) is 0 Å². The number of rotatable bonds is 4. The van der Waals surface area contributed by atoms with E-state index in [2.05, 4.69) is 33.8 Å². The molecule has 0 heterocycles. The summed E-state index contributed by atoms with van der Waals surface area (Å²) < 4.78 is 0.803. The maximum atomic E-state index is 12.0. The molecule has 5 heteroatoms. The number of hydrogen-bond donors (Lipinski definition) is 2. The van der Waals surface area contributed by atoms with E-state index in [1.165, 1.54) is 0 Å². The zero-order chi connectivity index (χ0) is 13.7. The Labute approximate surface area is 119 Å². The number of aryl methyl sites for hydroxylation is 1. The van der Waals surface area contributed by atoms with Gasteiger partial charge in [-0.25, -0.2) is 4.79 Å². The number of carbonyl (C=O) groups excluding carboxylic acids is 1. The van der Waals surface area contributed by atoms with E-state index in [0.717, 1.165) is 9.13 Å². The van der Waals surface area contributed by atoms with Crippen molar-refractivity contribution in [1.29, 1.82) is 0 Å². The van der Waals surface area contributed by atoms with Gasteiger partial charge in [-0.15, -0.1) is 12.3 Å². The Balaban J connectivity index is 2.91. The molecular weight excluding hydrogens is 345 g/mol. The van der Waals surface area contributed by atoms with Crippen LogP contribution >= 0.6 is 22.6 Å². The quantitative estimate of drug-likeness (QED) is 0.638. The number of aliphatic carboxylic acids is 1. The average molecular weight is 357 g/mol. The summed E-state index contributed by atoms with van der Waals surface area (Å²) in [6.07, 6.45) is 5.03. The van der Waals surface area contributed by atoms with Crippen molar-refractivity contribution >= 4 is 34.5 Å². The molecule has 1 aromatic carbocycles. The lowest BCUT2D eigenvalue weighted by molar-refractivity contribution is -0.139. The Bertz CT molecular complexity index is 519. The Hall–Kier alpha value is -1.55. The van der Waals surface area contributed by atoms with Gasteiger partial charge in [-0.05, 0) is 41.1 Å². The summed E-state index contributed by atoms with van der Waals surface area (Å²) in [5, 5.41) is 11.3. The molecule has 0 aliphatic carbocycles. The average Bonchev–Trinajstić information content (AvgIpc) is 2.31. The van der Waals surface area contributed by atoms with Gasteiger partial charge in [-0.1, -0.05) is 12.1 Å². The van der Waals surface area contributed by atoms with E-state index in [-0.39, 0.29) is 6.42 Å². The molecular formula is C13H12INO3. The lowest BCUT2D eigenvalue weighted by atomic mass is 10.1. The lowest BCUT2D eigenvalue weighted by Crippen LogP contribution is -2.40. The molecule has 0 saturated heterocycles. The molecule has 4 nitrogen and oxygen atoms in total. The minimum atomic E-state index is -1.14. The topological polar surface area (TPSA) is 66.4 Å². The number of carboxylic acid groups (broad SMARTS) is 1. The van der Waals surface area contributed by atoms with E-state index in [1.54, 1.807) is 12.1 Å². The largest absolute Gasteiger partial charge is 0.480 e. The van der Waals surface area contributed by atoms with Crippen LogP contribution < -0.4 is 5.32 Å². The first kappa shape index (κ1) is 14.5. The van der Waals surface area contributed by atoms with Crippen molar-refractivity contribution in [3.05, 3.63) is 32.9 Å². The van der Waals surface area contributed by atoms with Crippen molar-refractivity contribution in [3.63, 3.8) is 0 Å². The molecule has 94 valence electrons. The highest BCUT2D eigenvalue weighted by Gasteiger charge is 2.20. The van der Waals surface area contributed by atoms with Crippen molar-refractivity contribution in [2.45, 2.75) is 19.4 Å². The zero-order valence-corrected chi connectivity index (χ0v) is 11.9. The van der Waals surface area contributed by atoms with Crippen molar-refractivity contribution in [2.75, 3.05) is 0 Å². The third kappa shape index (κ3) is 3.47. The molecule has 0 aliphatic heterocycles. The molecule has 1 amide bonds. The maximum absolute atomic E-state index is 12.0. The smallest absolute Gasteiger partial charge is 0.327 e. The van der Waals surface area contributed by atoms with E-state index in [1.807, 2.05) is 13.0 Å². The van der Waals surface area contributed by atoms with Gasteiger partial charge in [0.2, 0.25) is 0 Å². The Kier molecular flexibility index (Phi) is 5.16. The second kappa shape index (κ2) is 6.40. The number of nitrogens with one attached hydrogen (secondary N) is 1. The molecule has 1 unspecified atom stereocenters. The molecule has 0 fully saturated rings. The molecule has 0 radical (unpaired) electrons. The summed E-state index contributed by atoms with van der Waals surface area (Å²) in [4.78, 5) is 22.9. The highest BCUT2D eigenvalue weighted by atomic mass is 127. The minimum absolute atomic E-state index is 0.0382. The van der Waals surface area contributed by atoms with Crippen LogP contribution in [0, 0.1) is 22.8 Å². The van der Waals surface area contributed by atoms with E-state index in [4.69, 9.17) is 11.5 Å². The van der Waals surface area contributed by atoms with Crippen LogP contribution in [0.25, 0.3) is 0 Å². The second-order valence-electron chi connectivity index (χ2n) is 3.71. The number of benzene rings is 1. The van der Waals surface area contributed by atoms with Crippen molar-refractivity contribution < 1.29 is 14.7 Å². The first-order valence-corrected chi connectivity index (χ1v) is 6.27. The number of halogens is 1. The number of carbonyl (C=O) groups is 2. The van der Waals surface area contributed by atoms with Gasteiger partial charge in [0.15, 0.2) is 0 Å². The molecule has 0 bridgehead atoms. The number of hydrogen-bond acceptors (Lipinski definition) is 2. The van der Waals surface area contributed by atoms with Crippen LogP contribution in [0.5, 0.6) is 0 Å². The fraction of sp³-hybridized carbons (Fsp3) is 0.231. The van der Waals surface area contributed by atoms with Crippen molar-refractivity contribution in [3.8, 4) is 12.3 Å². The van der Waals surface area contributed by atoms with Gasteiger partial charge in [0.25, 0.3) is 5.91 Å². The molecule has 2 N–H and O–H groups in total. The third-order valence-electron chi connectivity index (χ3n) is 2.36. The predicted octanol–water partition coefficient (Wildman–Crippen LogP) is 1.81. The minimum Gasteiger partial charge on any atom is -0.480 e. The van der Waals surface area contributed by atoms with Gasteiger partial charge in [-0.2, -0.15) is 0 Å². The maximum Gasteiger partial charge on any atom is 0.327 e. The van der Waals surface area contributed by atoms with Crippen LogP contribution in [0.15, 0.2) is 18.2 Å². The molecule has 0 saturated carbocycles. The summed E-state index contributed by atoms with van der Waals surface area (Å²) in [7, 11) is 0. The van der Waals surface area contributed by atoms with Gasteiger partial charge < -0.3 is 10.4 Å². The van der Waals surface area contributed by atoms with E-state index < -0.39 is 17.9 Å². The van der Waals surface area contributed by atoms with Crippen molar-refractivity contribution in [1.82, 2.24) is 5.32 Å². The molecule has 1 atom stereocenters. The lowest BCUT2D eigenvalue weighted by Gasteiger charge is -2.13. The van der Waals surface area contributed by atoms with E-state index >= 15 is 0 Å². The molecule has 0 aromatic heterocycles. The number of carboxylic acids is 1. The molecule has 18 heavy (non-hydrogen) atoms. The van der Waals surface area contributed by atoms with E-state index in [9.17, 15) is 9.59 Å². The molecule has 1 rings (SSSR count). The standard InChI is InChI=1S/C13H12INO3/c1-3-5-10(13(17)18)15-12(16)9-7-4-6-8(2)11(9)14/h1,4,6-7,10H,5H2,2H3,(H,15,16)(H,17,18). The van der Waals surface area contributed by atoms with Gasteiger partial charge in [0.05, 0.1) is 5.56 Å². The molecule has 0 aliphatic rings. The summed E-state index contributed by atoms with van der Waals surface area (Å²) in [6, 6.07) is 4.23. The summed E-state index contributed by atoms with van der Waals surface area (Å²) in [5.41, 5.74) is 1.42. The number of terminal acetylenes is 1. The second-order valence-corrected chi connectivity index (χ2v) is 4.79. The SMILES string of the molecule is C#CCC(NC(=O)c1cccc(C)c1I)C(=O)O. The van der Waals surface area contributed by atoms with Crippen LogP contribution in [0.3, 0.4) is 0 Å². The number of amides is 1. The highest BCUT2D eigenvalue weighted by molar-refractivity contribution is 14.1. The Morgan fingerprint density at radius 2 is 2.22 bits per heavy atom. The van der Waals surface area contributed by atoms with Gasteiger partial charge in [0, 0.05) is 9.99 Å². The van der Waals surface area contributed by atoms with Crippen molar-refractivity contribution in [2.24, 2.45) is 0 Å². The summed E-state index contributed by atoms with van der Waals surface area (Å²) >= 11 is 2.06. The van der Waals surface area contributed by atoms with Crippen LogP contribution in [0.4, 0.5) is 0 Å². The van der Waals surface area contributed by atoms with Crippen LogP contribution in [-0.2, 0) is 4.79 Å². The summed E-state index contributed by atoms with van der Waals surface area (Å²) in [5.74, 6) is 0.674. The molecule has 1 aromatic rings. The predicted molar refractivity (Wildman–Crippen MR) is 76.2 cm³/mol. The fourth-order valence-electron chi connectivity index (χ4n) is 1.38. The molecule has 0 spiro atoms. The van der Waals surface area contributed by atoms with Gasteiger partial charge in [-0.3, -0.25) is 4.79 Å². The Morgan fingerprint density at radius 1 is 1.56 bits per heavy atom. The fourth-order valence-corrected chi connectivity index (χ4v) is 1.98. The first-order chi connectivity index (χ1) is 8.47. The zero-order valence-electron chi connectivity index (χ0n) is 9.74. The van der Waals surface area contributed by atoms with E-state index in [0.29, 0.717) is 5.56 Å². The van der Waals surface area contributed by atoms with Gasteiger partial charge >= 0.3 is 5.97 Å². The van der Waals surface area contributed by atoms with Crippen LogP contribution in [0.1, 0.15) is 22.3 Å².